The Morgan fingerprint density at radius 1 is 0.833 bits per heavy atom. The number of nitrogen functional groups attached to an aromatic ring is 1. The molecule has 0 radical (unpaired) electrons. The quantitative estimate of drug-likeness (QED) is 0.475. The number of rotatable bonds is 3. The Bertz CT molecular complexity index is 1520. The summed E-state index contributed by atoms with van der Waals surface area (Å²) in [7, 11) is -3.91. The summed E-state index contributed by atoms with van der Waals surface area (Å²) in [6.07, 6.45) is 0. The van der Waals surface area contributed by atoms with Gasteiger partial charge in [0.1, 0.15) is 16.2 Å². The summed E-state index contributed by atoms with van der Waals surface area (Å²) in [5, 5.41) is 0. The van der Waals surface area contributed by atoms with E-state index in [-0.39, 0.29) is 21.1 Å². The zero-order valence-electron chi connectivity index (χ0n) is 16.1. The molecule has 0 saturated heterocycles. The minimum absolute atomic E-state index is 0.0246. The second-order valence-electron chi connectivity index (χ2n) is 7.09. The third kappa shape index (κ3) is 2.74. The highest BCUT2D eigenvalue weighted by atomic mass is 32.2. The van der Waals surface area contributed by atoms with Gasteiger partial charge < -0.3 is 5.73 Å². The highest BCUT2D eigenvalue weighted by Gasteiger charge is 2.30. The molecule has 3 aromatic carbocycles. The number of nitrogens with zero attached hydrogens (tertiary/aromatic N) is 3. The maximum Gasteiger partial charge on any atom is 0.212 e. The Kier molecular flexibility index (Phi) is 4.08. The summed E-state index contributed by atoms with van der Waals surface area (Å²) in [6.45, 7) is 1.97. The van der Waals surface area contributed by atoms with Crippen molar-refractivity contribution in [3.63, 3.8) is 0 Å². The summed E-state index contributed by atoms with van der Waals surface area (Å²) in [5.41, 5.74) is 10.2. The molecule has 0 bridgehead atoms. The van der Waals surface area contributed by atoms with E-state index in [1.165, 1.54) is 0 Å². The third-order valence-electron chi connectivity index (χ3n) is 5.03. The summed E-state index contributed by atoms with van der Waals surface area (Å²) in [6, 6.07) is 23.3. The molecule has 5 rings (SSSR count). The van der Waals surface area contributed by atoms with Crippen molar-refractivity contribution in [1.82, 2.24) is 14.5 Å². The maximum absolute atomic E-state index is 13.6. The highest BCUT2D eigenvalue weighted by Crippen LogP contribution is 2.37. The van der Waals surface area contributed by atoms with E-state index >= 15 is 0 Å². The molecule has 0 atom stereocenters. The van der Waals surface area contributed by atoms with Crippen molar-refractivity contribution in [3.8, 4) is 5.69 Å². The molecule has 0 spiro atoms. The number of hydrogen-bond donors (Lipinski definition) is 1. The first-order valence-electron chi connectivity index (χ1n) is 9.40. The molecule has 148 valence electrons. The van der Waals surface area contributed by atoms with E-state index < -0.39 is 9.84 Å². The second-order valence-corrected chi connectivity index (χ2v) is 8.98. The minimum atomic E-state index is -3.91. The minimum Gasteiger partial charge on any atom is -0.384 e. The van der Waals surface area contributed by atoms with Gasteiger partial charge in [-0.3, -0.25) is 4.57 Å². The number of anilines is 1. The van der Waals surface area contributed by atoms with E-state index in [4.69, 9.17) is 10.7 Å². The standard InChI is InChI=1S/C23H18N4O2S/c1-15-8-7-9-16(14-15)27-22(24)21(30(28,29)17-10-3-2-4-11-17)20-23(27)26-19-13-6-5-12-18(19)25-20/h2-14H,24H2,1H3. The van der Waals surface area contributed by atoms with E-state index in [9.17, 15) is 8.42 Å². The molecule has 0 saturated carbocycles. The van der Waals surface area contributed by atoms with Crippen molar-refractivity contribution < 1.29 is 8.42 Å². The van der Waals surface area contributed by atoms with Crippen LogP contribution in [0, 0.1) is 6.92 Å². The third-order valence-corrected chi connectivity index (χ3v) is 6.87. The Balaban J connectivity index is 1.94. The van der Waals surface area contributed by atoms with Crippen molar-refractivity contribution in [1.29, 1.82) is 0 Å². The van der Waals surface area contributed by atoms with Crippen LogP contribution in [0.4, 0.5) is 5.82 Å². The normalized spacial score (nSPS) is 11.9. The number of fused-ring (bicyclic) bond motifs is 2. The summed E-state index contributed by atoms with van der Waals surface area (Å²) >= 11 is 0. The monoisotopic (exact) mass is 414 g/mol. The largest absolute Gasteiger partial charge is 0.384 e. The van der Waals surface area contributed by atoms with Gasteiger partial charge in [0.15, 0.2) is 5.65 Å². The molecule has 6 nitrogen and oxygen atoms in total. The average Bonchev–Trinajstić information content (AvgIpc) is 3.04. The molecule has 7 heteroatoms. The van der Waals surface area contributed by atoms with Crippen LogP contribution in [0.2, 0.25) is 0 Å². The summed E-state index contributed by atoms with van der Waals surface area (Å²) < 4.78 is 28.8. The van der Waals surface area contributed by atoms with Crippen LogP contribution in [0.25, 0.3) is 27.9 Å². The fourth-order valence-electron chi connectivity index (χ4n) is 3.65. The Hall–Kier alpha value is -3.71. The molecule has 2 heterocycles. The van der Waals surface area contributed by atoms with E-state index in [0.29, 0.717) is 16.7 Å². The van der Waals surface area contributed by atoms with Gasteiger partial charge in [-0.2, -0.15) is 0 Å². The van der Waals surface area contributed by atoms with Crippen LogP contribution in [0.5, 0.6) is 0 Å². The van der Waals surface area contributed by atoms with Gasteiger partial charge in [-0.05, 0) is 48.9 Å². The van der Waals surface area contributed by atoms with Crippen LogP contribution in [-0.4, -0.2) is 23.0 Å². The van der Waals surface area contributed by atoms with Crippen LogP contribution in [-0.2, 0) is 9.84 Å². The zero-order chi connectivity index (χ0) is 20.9. The molecule has 0 aliphatic rings. The number of sulfone groups is 1. The van der Waals surface area contributed by atoms with E-state index in [1.807, 2.05) is 49.4 Å². The molecule has 5 aromatic rings. The van der Waals surface area contributed by atoms with Gasteiger partial charge in [-0.15, -0.1) is 0 Å². The van der Waals surface area contributed by atoms with Gasteiger partial charge in [-0.25, -0.2) is 18.4 Å². The molecule has 2 N–H and O–H groups in total. The smallest absolute Gasteiger partial charge is 0.212 e. The van der Waals surface area contributed by atoms with Crippen molar-refractivity contribution in [2.75, 3.05) is 5.73 Å². The van der Waals surface area contributed by atoms with Gasteiger partial charge in [0.25, 0.3) is 0 Å². The molecule has 0 aliphatic carbocycles. The highest BCUT2D eigenvalue weighted by molar-refractivity contribution is 7.92. The molecule has 0 unspecified atom stereocenters. The second kappa shape index (κ2) is 6.67. The lowest BCUT2D eigenvalue weighted by atomic mass is 10.2. The molecule has 30 heavy (non-hydrogen) atoms. The van der Waals surface area contributed by atoms with E-state index in [0.717, 1.165) is 11.3 Å². The maximum atomic E-state index is 13.6. The first kappa shape index (κ1) is 18.3. The van der Waals surface area contributed by atoms with E-state index in [2.05, 4.69) is 4.98 Å². The molecular formula is C23H18N4O2S. The van der Waals surface area contributed by atoms with E-state index in [1.54, 1.807) is 41.0 Å². The number of hydrogen-bond acceptors (Lipinski definition) is 5. The predicted molar refractivity (Wildman–Crippen MR) is 117 cm³/mol. The molecular weight excluding hydrogens is 396 g/mol. The van der Waals surface area contributed by atoms with Gasteiger partial charge in [0.05, 0.1) is 15.9 Å². The van der Waals surface area contributed by atoms with Gasteiger partial charge in [0.2, 0.25) is 9.84 Å². The lowest BCUT2D eigenvalue weighted by Crippen LogP contribution is -2.07. The van der Waals surface area contributed by atoms with Gasteiger partial charge in [-0.1, -0.05) is 42.5 Å². The first-order chi connectivity index (χ1) is 14.5. The topological polar surface area (TPSA) is 90.9 Å². The number of nitrogens with two attached hydrogens (primary N) is 1. The lowest BCUT2D eigenvalue weighted by molar-refractivity contribution is 0.597. The zero-order valence-corrected chi connectivity index (χ0v) is 17.0. The van der Waals surface area contributed by atoms with Crippen LogP contribution in [0.1, 0.15) is 5.56 Å². The number of aryl methyl sites for hydroxylation is 1. The lowest BCUT2D eigenvalue weighted by Gasteiger charge is -2.09. The Morgan fingerprint density at radius 2 is 1.50 bits per heavy atom. The number of benzene rings is 3. The first-order valence-corrected chi connectivity index (χ1v) is 10.9. The van der Waals surface area contributed by atoms with Gasteiger partial charge in [0, 0.05) is 5.69 Å². The van der Waals surface area contributed by atoms with Crippen LogP contribution >= 0.6 is 0 Å². The van der Waals surface area contributed by atoms with Crippen molar-refractivity contribution in [2.24, 2.45) is 0 Å². The number of para-hydroxylation sites is 2. The summed E-state index contributed by atoms with van der Waals surface area (Å²) in [4.78, 5) is 9.52. The van der Waals surface area contributed by atoms with Crippen molar-refractivity contribution >= 4 is 37.9 Å². The summed E-state index contributed by atoms with van der Waals surface area (Å²) in [5.74, 6) is 0.0924. The van der Waals surface area contributed by atoms with Crippen LogP contribution < -0.4 is 5.73 Å². The molecule has 0 amide bonds. The van der Waals surface area contributed by atoms with Crippen molar-refractivity contribution in [2.45, 2.75) is 16.7 Å². The average molecular weight is 414 g/mol. The van der Waals surface area contributed by atoms with Crippen molar-refractivity contribution in [3.05, 3.63) is 84.4 Å². The Morgan fingerprint density at radius 3 is 2.20 bits per heavy atom. The SMILES string of the molecule is Cc1cccc(-n2c(N)c(S(=O)(=O)c3ccccc3)c3nc4ccccc4nc32)c1. The molecule has 0 aliphatic heterocycles. The number of aromatic nitrogens is 3. The van der Waals surface area contributed by atoms with Crippen LogP contribution in [0.3, 0.4) is 0 Å². The Labute approximate surface area is 173 Å². The fourth-order valence-corrected chi connectivity index (χ4v) is 5.16. The van der Waals surface area contributed by atoms with Gasteiger partial charge >= 0.3 is 0 Å². The van der Waals surface area contributed by atoms with Crippen LogP contribution in [0.15, 0.2) is 88.7 Å². The predicted octanol–water partition coefficient (Wildman–Crippen LogP) is 4.30. The fraction of sp³-hybridized carbons (Fsp3) is 0.0435. The molecule has 2 aromatic heterocycles. The molecule has 0 fully saturated rings.